The highest BCUT2D eigenvalue weighted by atomic mass is 19.1. The third-order valence-corrected chi connectivity index (χ3v) is 5.99. The largest absolute Gasteiger partial charge is 0.381 e. The molecule has 1 fully saturated rings. The number of ether oxygens (including phenoxy) is 1. The van der Waals surface area contributed by atoms with Crippen LogP contribution < -0.4 is 0 Å². The maximum absolute atomic E-state index is 13.4. The fourth-order valence-electron chi connectivity index (χ4n) is 4.47. The van der Waals surface area contributed by atoms with E-state index in [0.717, 1.165) is 31.5 Å². The van der Waals surface area contributed by atoms with Gasteiger partial charge in [-0.25, -0.2) is 4.39 Å². The first-order valence-electron chi connectivity index (χ1n) is 9.65. The number of hydrogen-bond acceptors (Lipinski definition) is 2. The van der Waals surface area contributed by atoms with E-state index >= 15 is 0 Å². The number of halogens is 1. The second-order valence-electron chi connectivity index (χ2n) is 7.68. The van der Waals surface area contributed by atoms with Crippen molar-refractivity contribution in [3.05, 3.63) is 70.7 Å². The van der Waals surface area contributed by atoms with Crippen LogP contribution in [0.4, 0.5) is 4.39 Å². The van der Waals surface area contributed by atoms with Crippen molar-refractivity contribution in [1.29, 1.82) is 0 Å². The highest BCUT2D eigenvalue weighted by Crippen LogP contribution is 2.35. The van der Waals surface area contributed by atoms with Crippen molar-refractivity contribution < 1.29 is 9.13 Å². The minimum absolute atomic E-state index is 0.187. The van der Waals surface area contributed by atoms with Crippen molar-refractivity contribution in [2.75, 3.05) is 13.7 Å². The lowest BCUT2D eigenvalue weighted by Gasteiger charge is -2.39. The zero-order chi connectivity index (χ0) is 19.0. The van der Waals surface area contributed by atoms with Crippen LogP contribution in [0.5, 0.6) is 0 Å². The Morgan fingerprint density at radius 2 is 1.93 bits per heavy atom. The average molecular weight is 366 g/mol. The number of nitrogens with zero attached hydrogens (tertiary/aromatic N) is 1. The van der Waals surface area contributed by atoms with Crippen LogP contribution in [-0.4, -0.2) is 29.6 Å². The summed E-state index contributed by atoms with van der Waals surface area (Å²) in [4.78, 5) is 5.90. The van der Waals surface area contributed by atoms with E-state index in [-0.39, 0.29) is 18.0 Å². The van der Waals surface area contributed by atoms with Crippen LogP contribution in [-0.2, 0) is 11.3 Å². The van der Waals surface area contributed by atoms with E-state index in [0.29, 0.717) is 0 Å². The predicted octanol–water partition coefficient (Wildman–Crippen LogP) is 5.28. The third-order valence-electron chi connectivity index (χ3n) is 5.99. The molecule has 0 amide bonds. The number of rotatable bonds is 4. The number of H-pyrrole nitrogens is 1. The summed E-state index contributed by atoms with van der Waals surface area (Å²) < 4.78 is 19.1. The Kier molecular flexibility index (Phi) is 5.02. The van der Waals surface area contributed by atoms with Crippen molar-refractivity contribution in [3.8, 4) is 0 Å². The van der Waals surface area contributed by atoms with E-state index in [1.54, 1.807) is 19.2 Å². The third kappa shape index (κ3) is 3.52. The summed E-state index contributed by atoms with van der Waals surface area (Å²) in [5.41, 5.74) is 6.37. The molecule has 0 spiro atoms. The monoisotopic (exact) mass is 366 g/mol. The summed E-state index contributed by atoms with van der Waals surface area (Å²) in [6, 6.07) is 11.6. The molecule has 4 rings (SSSR count). The Bertz CT molecular complexity index is 931. The first kappa shape index (κ1) is 18.2. The summed E-state index contributed by atoms with van der Waals surface area (Å²) in [5, 5.41) is 1.30. The van der Waals surface area contributed by atoms with Gasteiger partial charge in [0.2, 0.25) is 0 Å². The van der Waals surface area contributed by atoms with Gasteiger partial charge >= 0.3 is 0 Å². The van der Waals surface area contributed by atoms with Crippen LogP contribution in [0.25, 0.3) is 10.9 Å². The fraction of sp³-hybridized carbons (Fsp3) is 0.391. The molecule has 1 saturated heterocycles. The van der Waals surface area contributed by atoms with E-state index in [1.165, 1.54) is 27.6 Å². The zero-order valence-corrected chi connectivity index (χ0v) is 16.3. The maximum atomic E-state index is 13.4. The molecule has 1 aliphatic rings. The molecule has 2 atom stereocenters. The second-order valence-corrected chi connectivity index (χ2v) is 7.68. The molecule has 1 aliphatic heterocycles. The highest BCUT2D eigenvalue weighted by molar-refractivity contribution is 5.86. The number of nitrogens with one attached hydrogen (secondary N) is 1. The Morgan fingerprint density at radius 3 is 2.67 bits per heavy atom. The lowest BCUT2D eigenvalue weighted by molar-refractivity contribution is 0.00690. The van der Waals surface area contributed by atoms with Gasteiger partial charge in [0, 0.05) is 43.3 Å². The SMILES string of the molecule is COC1CCN(Cc2c(C)cc(C)c3[nH]ccc23)C(c2ccc(F)cc2)C1. The maximum Gasteiger partial charge on any atom is 0.123 e. The Labute approximate surface area is 160 Å². The van der Waals surface area contributed by atoms with Gasteiger partial charge in [0.15, 0.2) is 0 Å². The lowest BCUT2D eigenvalue weighted by Crippen LogP contribution is -2.39. The Morgan fingerprint density at radius 1 is 1.15 bits per heavy atom. The van der Waals surface area contributed by atoms with Gasteiger partial charge in [-0.3, -0.25) is 4.90 Å². The standard InChI is InChI=1S/C23H27FN2O/c1-15-12-16(2)23-20(8-10-25-23)21(15)14-26-11-9-19(27-3)13-22(26)17-4-6-18(24)7-5-17/h4-8,10,12,19,22,25H,9,11,13-14H2,1-3H3. The molecule has 2 heterocycles. The van der Waals surface area contributed by atoms with Crippen molar-refractivity contribution >= 4 is 10.9 Å². The molecule has 4 heteroatoms. The van der Waals surface area contributed by atoms with Crippen molar-refractivity contribution in [2.45, 2.75) is 45.4 Å². The normalized spacial score (nSPS) is 21.0. The minimum atomic E-state index is -0.187. The van der Waals surface area contributed by atoms with Crippen molar-refractivity contribution in [3.63, 3.8) is 0 Å². The predicted molar refractivity (Wildman–Crippen MR) is 107 cm³/mol. The van der Waals surface area contributed by atoms with E-state index in [2.05, 4.69) is 35.9 Å². The summed E-state index contributed by atoms with van der Waals surface area (Å²) in [6.07, 6.45) is 4.23. The molecule has 0 aliphatic carbocycles. The number of benzene rings is 2. The van der Waals surface area contributed by atoms with Gasteiger partial charge in [0.1, 0.15) is 5.82 Å². The van der Waals surface area contributed by atoms with Gasteiger partial charge in [0.25, 0.3) is 0 Å². The molecule has 3 aromatic rings. The summed E-state index contributed by atoms with van der Waals surface area (Å²) in [6.45, 7) is 6.21. The Hall–Kier alpha value is -2.17. The number of fused-ring (bicyclic) bond motifs is 1. The van der Waals surface area contributed by atoms with Crippen LogP contribution in [0.1, 0.15) is 41.1 Å². The van der Waals surface area contributed by atoms with Crippen LogP contribution in [0, 0.1) is 19.7 Å². The minimum Gasteiger partial charge on any atom is -0.381 e. The van der Waals surface area contributed by atoms with Crippen LogP contribution in [0.2, 0.25) is 0 Å². The summed E-state index contributed by atoms with van der Waals surface area (Å²) >= 11 is 0. The van der Waals surface area contributed by atoms with Crippen LogP contribution in [0.3, 0.4) is 0 Å². The van der Waals surface area contributed by atoms with Crippen molar-refractivity contribution in [1.82, 2.24) is 9.88 Å². The summed E-state index contributed by atoms with van der Waals surface area (Å²) in [5.74, 6) is -0.187. The van der Waals surface area contributed by atoms with Gasteiger partial charge in [-0.2, -0.15) is 0 Å². The van der Waals surface area contributed by atoms with Gasteiger partial charge in [-0.1, -0.05) is 18.2 Å². The number of methoxy groups -OCH3 is 1. The smallest absolute Gasteiger partial charge is 0.123 e. The molecule has 0 radical (unpaired) electrons. The van der Waals surface area contributed by atoms with Gasteiger partial charge in [0.05, 0.1) is 6.10 Å². The molecule has 27 heavy (non-hydrogen) atoms. The molecule has 3 nitrogen and oxygen atoms in total. The van der Waals surface area contributed by atoms with Gasteiger partial charge in [-0.05, 0) is 67.1 Å². The van der Waals surface area contributed by atoms with E-state index < -0.39 is 0 Å². The number of hydrogen-bond donors (Lipinski definition) is 1. The number of aromatic nitrogens is 1. The van der Waals surface area contributed by atoms with E-state index in [1.807, 2.05) is 18.3 Å². The molecular weight excluding hydrogens is 339 g/mol. The highest BCUT2D eigenvalue weighted by Gasteiger charge is 2.30. The molecular formula is C23H27FN2O. The number of likely N-dealkylation sites (tertiary alicyclic amines) is 1. The van der Waals surface area contributed by atoms with Gasteiger partial charge in [-0.15, -0.1) is 0 Å². The molecule has 2 aromatic carbocycles. The molecule has 1 N–H and O–H groups in total. The number of piperidine rings is 1. The molecule has 142 valence electrons. The van der Waals surface area contributed by atoms with Crippen LogP contribution >= 0.6 is 0 Å². The van der Waals surface area contributed by atoms with E-state index in [4.69, 9.17) is 4.74 Å². The van der Waals surface area contributed by atoms with Crippen molar-refractivity contribution in [2.24, 2.45) is 0 Å². The molecule has 0 saturated carbocycles. The number of aryl methyl sites for hydroxylation is 2. The lowest BCUT2D eigenvalue weighted by atomic mass is 9.91. The van der Waals surface area contributed by atoms with Gasteiger partial charge < -0.3 is 9.72 Å². The first-order valence-corrected chi connectivity index (χ1v) is 9.65. The molecule has 2 unspecified atom stereocenters. The fourth-order valence-corrected chi connectivity index (χ4v) is 4.47. The molecule has 0 bridgehead atoms. The van der Waals surface area contributed by atoms with E-state index in [9.17, 15) is 4.39 Å². The zero-order valence-electron chi connectivity index (χ0n) is 16.3. The number of aromatic amines is 1. The average Bonchev–Trinajstić information content (AvgIpc) is 3.16. The topological polar surface area (TPSA) is 28.3 Å². The summed E-state index contributed by atoms with van der Waals surface area (Å²) in [7, 11) is 1.79. The Balaban J connectivity index is 1.69. The first-order chi connectivity index (χ1) is 13.1. The molecule has 1 aromatic heterocycles. The van der Waals surface area contributed by atoms with Crippen LogP contribution in [0.15, 0.2) is 42.6 Å². The quantitative estimate of drug-likeness (QED) is 0.681. The second kappa shape index (κ2) is 7.45.